The Bertz CT molecular complexity index is 357. The van der Waals surface area contributed by atoms with Crippen LogP contribution >= 0.6 is 11.3 Å². The van der Waals surface area contributed by atoms with E-state index >= 15 is 0 Å². The summed E-state index contributed by atoms with van der Waals surface area (Å²) >= 11 is 1.66. The van der Waals surface area contributed by atoms with E-state index in [1.807, 2.05) is 43.6 Å². The molecule has 0 spiro atoms. The number of benzene rings is 1. The number of aromatic nitrogens is 1. The second-order valence-corrected chi connectivity index (χ2v) is 3.88. The van der Waals surface area contributed by atoms with Crippen molar-refractivity contribution in [3.8, 4) is 10.6 Å². The summed E-state index contributed by atoms with van der Waals surface area (Å²) in [5.74, 6) is 0. The van der Waals surface area contributed by atoms with E-state index in [2.05, 4.69) is 17.1 Å². The molecular formula is C13H17NOS. The van der Waals surface area contributed by atoms with E-state index in [4.69, 9.17) is 4.74 Å². The quantitative estimate of drug-likeness (QED) is 0.806. The summed E-state index contributed by atoms with van der Waals surface area (Å²) in [6, 6.07) is 10.2. The third-order valence-corrected chi connectivity index (χ3v) is 2.68. The van der Waals surface area contributed by atoms with E-state index in [0.29, 0.717) is 0 Å². The molecule has 0 saturated carbocycles. The Kier molecular flexibility index (Phi) is 6.45. The van der Waals surface area contributed by atoms with Gasteiger partial charge in [0.15, 0.2) is 0 Å². The first-order valence-electron chi connectivity index (χ1n) is 5.41. The number of hydrogen-bond donors (Lipinski definition) is 0. The minimum absolute atomic E-state index is 0.844. The molecule has 0 amide bonds. The lowest BCUT2D eigenvalue weighted by molar-refractivity contribution is 0.162. The minimum atomic E-state index is 0.844. The summed E-state index contributed by atoms with van der Waals surface area (Å²) in [5.41, 5.74) is 1.20. The molecule has 0 saturated heterocycles. The third-order valence-electron chi connectivity index (χ3n) is 1.86. The second-order valence-electron chi connectivity index (χ2n) is 2.98. The molecule has 0 bridgehead atoms. The van der Waals surface area contributed by atoms with Crippen molar-refractivity contribution in [2.75, 3.05) is 13.2 Å². The van der Waals surface area contributed by atoms with Crippen molar-refractivity contribution in [3.05, 3.63) is 41.9 Å². The number of rotatable bonds is 3. The second kappa shape index (κ2) is 8.02. The topological polar surface area (TPSA) is 22.1 Å². The maximum atomic E-state index is 4.83. The molecule has 0 unspecified atom stereocenters. The van der Waals surface area contributed by atoms with Crippen LogP contribution in [0.4, 0.5) is 0 Å². The van der Waals surface area contributed by atoms with Gasteiger partial charge >= 0.3 is 0 Å². The van der Waals surface area contributed by atoms with Gasteiger partial charge in [-0.05, 0) is 13.8 Å². The van der Waals surface area contributed by atoms with Crippen LogP contribution < -0.4 is 0 Å². The summed E-state index contributed by atoms with van der Waals surface area (Å²) in [7, 11) is 0. The van der Waals surface area contributed by atoms with Gasteiger partial charge in [-0.15, -0.1) is 11.3 Å². The fourth-order valence-electron chi connectivity index (χ4n) is 1.15. The molecule has 2 rings (SSSR count). The van der Waals surface area contributed by atoms with Gasteiger partial charge in [-0.1, -0.05) is 30.3 Å². The molecule has 1 heterocycles. The predicted molar refractivity (Wildman–Crippen MR) is 69.7 cm³/mol. The molecule has 2 aromatic rings. The SMILES string of the molecule is CCOCC.c1ccc(-c2nccs2)cc1. The molecule has 1 aromatic carbocycles. The van der Waals surface area contributed by atoms with Crippen LogP contribution in [0.25, 0.3) is 10.6 Å². The van der Waals surface area contributed by atoms with Crippen LogP contribution in [-0.2, 0) is 4.74 Å². The van der Waals surface area contributed by atoms with Crippen LogP contribution in [0.15, 0.2) is 41.9 Å². The molecule has 86 valence electrons. The standard InChI is InChI=1S/C9H7NS.C4H10O/c1-2-4-8(5-3-1)9-10-6-7-11-9;1-3-5-4-2/h1-7H;3-4H2,1-2H3. The van der Waals surface area contributed by atoms with Crippen LogP contribution in [0.5, 0.6) is 0 Å². The lowest BCUT2D eigenvalue weighted by Gasteiger charge is -1.91. The molecule has 0 fully saturated rings. The number of thiazole rings is 1. The first-order valence-corrected chi connectivity index (χ1v) is 6.29. The van der Waals surface area contributed by atoms with Crippen LogP contribution in [0.2, 0.25) is 0 Å². The molecule has 2 nitrogen and oxygen atoms in total. The van der Waals surface area contributed by atoms with Gasteiger partial charge in [-0.25, -0.2) is 4.98 Å². The third kappa shape index (κ3) is 4.55. The van der Waals surface area contributed by atoms with Gasteiger partial charge in [0.25, 0.3) is 0 Å². The van der Waals surface area contributed by atoms with E-state index in [1.165, 1.54) is 5.56 Å². The van der Waals surface area contributed by atoms with Crippen molar-refractivity contribution >= 4 is 11.3 Å². The van der Waals surface area contributed by atoms with Crippen molar-refractivity contribution in [2.24, 2.45) is 0 Å². The average Bonchev–Trinajstić information content (AvgIpc) is 2.86. The Morgan fingerprint density at radius 2 is 1.81 bits per heavy atom. The lowest BCUT2D eigenvalue weighted by Crippen LogP contribution is -1.84. The highest BCUT2D eigenvalue weighted by molar-refractivity contribution is 7.13. The highest BCUT2D eigenvalue weighted by Crippen LogP contribution is 2.20. The molecule has 0 radical (unpaired) electrons. The van der Waals surface area contributed by atoms with Gasteiger partial charge < -0.3 is 4.74 Å². The molecule has 0 aliphatic heterocycles. The smallest absolute Gasteiger partial charge is 0.123 e. The highest BCUT2D eigenvalue weighted by atomic mass is 32.1. The molecule has 1 aromatic heterocycles. The van der Waals surface area contributed by atoms with Crippen molar-refractivity contribution in [1.29, 1.82) is 0 Å². The summed E-state index contributed by atoms with van der Waals surface area (Å²) < 4.78 is 4.83. The van der Waals surface area contributed by atoms with E-state index in [-0.39, 0.29) is 0 Å². The van der Waals surface area contributed by atoms with Crippen LogP contribution in [0.3, 0.4) is 0 Å². The molecule has 0 N–H and O–H groups in total. The maximum Gasteiger partial charge on any atom is 0.123 e. The van der Waals surface area contributed by atoms with Gasteiger partial charge in [-0.2, -0.15) is 0 Å². The Labute approximate surface area is 101 Å². The fourth-order valence-corrected chi connectivity index (χ4v) is 1.80. The van der Waals surface area contributed by atoms with Crippen LogP contribution in [0.1, 0.15) is 13.8 Å². The zero-order valence-electron chi connectivity index (χ0n) is 9.72. The highest BCUT2D eigenvalue weighted by Gasteiger charge is 1.95. The molecule has 0 aliphatic carbocycles. The summed E-state index contributed by atoms with van der Waals surface area (Å²) in [5, 5.41) is 3.08. The Balaban J connectivity index is 0.000000221. The van der Waals surface area contributed by atoms with Gasteiger partial charge in [0.2, 0.25) is 0 Å². The molecule has 0 atom stereocenters. The van der Waals surface area contributed by atoms with E-state index < -0.39 is 0 Å². The minimum Gasteiger partial charge on any atom is -0.382 e. The van der Waals surface area contributed by atoms with Crippen molar-refractivity contribution < 1.29 is 4.74 Å². The summed E-state index contributed by atoms with van der Waals surface area (Å²) in [4.78, 5) is 4.20. The molecule has 3 heteroatoms. The molecular weight excluding hydrogens is 218 g/mol. The summed E-state index contributed by atoms with van der Waals surface area (Å²) in [6.45, 7) is 5.67. The normalized spacial score (nSPS) is 9.38. The van der Waals surface area contributed by atoms with Crippen LogP contribution in [0, 0.1) is 0 Å². The van der Waals surface area contributed by atoms with E-state index in [9.17, 15) is 0 Å². The predicted octanol–water partition coefficient (Wildman–Crippen LogP) is 3.85. The first-order chi connectivity index (χ1) is 7.88. The first kappa shape index (κ1) is 12.9. The Morgan fingerprint density at radius 1 is 1.12 bits per heavy atom. The zero-order valence-corrected chi connectivity index (χ0v) is 10.5. The van der Waals surface area contributed by atoms with Gasteiger partial charge in [0, 0.05) is 30.4 Å². The number of ether oxygens (including phenoxy) is 1. The fraction of sp³-hybridized carbons (Fsp3) is 0.308. The molecule has 0 aliphatic rings. The largest absolute Gasteiger partial charge is 0.382 e. The number of nitrogens with zero attached hydrogens (tertiary/aromatic N) is 1. The zero-order chi connectivity index (χ0) is 11.6. The lowest BCUT2D eigenvalue weighted by atomic mass is 10.2. The van der Waals surface area contributed by atoms with E-state index in [0.717, 1.165) is 18.2 Å². The van der Waals surface area contributed by atoms with Gasteiger partial charge in [0.05, 0.1) is 0 Å². The Hall–Kier alpha value is -1.19. The van der Waals surface area contributed by atoms with Crippen molar-refractivity contribution in [3.63, 3.8) is 0 Å². The maximum absolute atomic E-state index is 4.83. The van der Waals surface area contributed by atoms with Gasteiger partial charge in [-0.3, -0.25) is 0 Å². The van der Waals surface area contributed by atoms with Crippen LogP contribution in [-0.4, -0.2) is 18.2 Å². The number of hydrogen-bond acceptors (Lipinski definition) is 3. The summed E-state index contributed by atoms with van der Waals surface area (Å²) in [6.07, 6.45) is 1.83. The Morgan fingerprint density at radius 3 is 2.25 bits per heavy atom. The van der Waals surface area contributed by atoms with Crippen molar-refractivity contribution in [2.45, 2.75) is 13.8 Å². The molecule has 16 heavy (non-hydrogen) atoms. The van der Waals surface area contributed by atoms with E-state index in [1.54, 1.807) is 11.3 Å². The van der Waals surface area contributed by atoms with Crippen molar-refractivity contribution in [1.82, 2.24) is 4.98 Å². The average molecular weight is 235 g/mol. The van der Waals surface area contributed by atoms with Gasteiger partial charge in [0.1, 0.15) is 5.01 Å². The monoisotopic (exact) mass is 235 g/mol.